The summed E-state index contributed by atoms with van der Waals surface area (Å²) >= 11 is 0. The van der Waals surface area contributed by atoms with Crippen LogP contribution in [-0.4, -0.2) is 41.3 Å². The van der Waals surface area contributed by atoms with Crippen molar-refractivity contribution >= 4 is 11.9 Å². The molecule has 0 aliphatic heterocycles. The van der Waals surface area contributed by atoms with Gasteiger partial charge >= 0.3 is 5.97 Å². The van der Waals surface area contributed by atoms with Gasteiger partial charge < -0.3 is 19.7 Å². The average Bonchev–Trinajstić information content (AvgIpc) is 2.84. The molecule has 0 radical (unpaired) electrons. The van der Waals surface area contributed by atoms with Crippen LogP contribution in [0.1, 0.15) is 36.7 Å². The lowest BCUT2D eigenvalue weighted by Gasteiger charge is -2.08. The van der Waals surface area contributed by atoms with Crippen LogP contribution >= 0.6 is 0 Å². The van der Waals surface area contributed by atoms with Gasteiger partial charge in [-0.3, -0.25) is 9.59 Å². The van der Waals surface area contributed by atoms with Gasteiger partial charge in [0.1, 0.15) is 12.2 Å². The zero-order valence-corrected chi connectivity index (χ0v) is 11.8. The molecule has 1 aromatic rings. The summed E-state index contributed by atoms with van der Waals surface area (Å²) in [4.78, 5) is 22.5. The number of hydrogen-bond acceptors (Lipinski definition) is 3. The van der Waals surface area contributed by atoms with Crippen molar-refractivity contribution < 1.29 is 19.4 Å². The summed E-state index contributed by atoms with van der Waals surface area (Å²) in [6.45, 7) is 3.79. The molecule has 1 amide bonds. The minimum Gasteiger partial charge on any atom is -0.480 e. The van der Waals surface area contributed by atoms with Crippen molar-refractivity contribution in [1.82, 2.24) is 9.88 Å². The molecule has 0 aromatic carbocycles. The fraction of sp³-hybridized carbons (Fsp3) is 0.571. The van der Waals surface area contributed by atoms with Crippen LogP contribution in [0.15, 0.2) is 18.3 Å². The van der Waals surface area contributed by atoms with Crippen LogP contribution in [-0.2, 0) is 16.1 Å². The van der Waals surface area contributed by atoms with E-state index in [1.807, 2.05) is 0 Å². The first-order chi connectivity index (χ1) is 9.65. The number of rotatable bonds is 10. The number of unbranched alkanes of at least 4 members (excludes halogenated alkanes) is 1. The third-order valence-electron chi connectivity index (χ3n) is 2.76. The van der Waals surface area contributed by atoms with Crippen molar-refractivity contribution in [3.05, 3.63) is 24.0 Å². The Morgan fingerprint density at radius 1 is 1.35 bits per heavy atom. The molecule has 6 heteroatoms. The van der Waals surface area contributed by atoms with E-state index in [9.17, 15) is 9.59 Å². The highest BCUT2D eigenvalue weighted by molar-refractivity contribution is 5.93. The Morgan fingerprint density at radius 2 is 2.10 bits per heavy atom. The SMILES string of the molecule is CCCCOCCCNC(=O)c1cccn1CC(=O)O. The Hall–Kier alpha value is -1.82. The van der Waals surface area contributed by atoms with Crippen molar-refractivity contribution in [2.45, 2.75) is 32.7 Å². The quantitative estimate of drug-likeness (QED) is 0.637. The normalized spacial score (nSPS) is 10.4. The van der Waals surface area contributed by atoms with Gasteiger partial charge in [-0.2, -0.15) is 0 Å². The number of carboxylic acids is 1. The lowest BCUT2D eigenvalue weighted by atomic mass is 10.3. The van der Waals surface area contributed by atoms with Crippen molar-refractivity contribution in [2.24, 2.45) is 0 Å². The molecule has 0 saturated heterocycles. The first kappa shape index (κ1) is 16.2. The van der Waals surface area contributed by atoms with Gasteiger partial charge in [-0.15, -0.1) is 0 Å². The second-order valence-corrected chi connectivity index (χ2v) is 4.49. The monoisotopic (exact) mass is 282 g/mol. The molecule has 2 N–H and O–H groups in total. The van der Waals surface area contributed by atoms with E-state index in [4.69, 9.17) is 9.84 Å². The number of nitrogens with one attached hydrogen (secondary N) is 1. The summed E-state index contributed by atoms with van der Waals surface area (Å²) in [7, 11) is 0. The van der Waals surface area contributed by atoms with Crippen molar-refractivity contribution in [3.63, 3.8) is 0 Å². The number of amides is 1. The highest BCUT2D eigenvalue weighted by Crippen LogP contribution is 2.02. The van der Waals surface area contributed by atoms with Gasteiger partial charge in [0.05, 0.1) is 0 Å². The summed E-state index contributed by atoms with van der Waals surface area (Å²) in [6, 6.07) is 3.27. The van der Waals surface area contributed by atoms with Crippen LogP contribution < -0.4 is 5.32 Å². The van der Waals surface area contributed by atoms with Gasteiger partial charge in [0.15, 0.2) is 0 Å². The third kappa shape index (κ3) is 5.88. The maximum absolute atomic E-state index is 11.9. The summed E-state index contributed by atoms with van der Waals surface area (Å²) < 4.78 is 6.80. The molecule has 0 aliphatic carbocycles. The smallest absolute Gasteiger partial charge is 0.323 e. The molecule has 6 nitrogen and oxygen atoms in total. The van der Waals surface area contributed by atoms with E-state index < -0.39 is 5.97 Å². The van der Waals surface area contributed by atoms with E-state index in [-0.39, 0.29) is 12.5 Å². The Morgan fingerprint density at radius 3 is 2.80 bits per heavy atom. The molecule has 112 valence electrons. The highest BCUT2D eigenvalue weighted by atomic mass is 16.5. The fourth-order valence-electron chi connectivity index (χ4n) is 1.72. The Bertz CT molecular complexity index is 429. The maximum atomic E-state index is 11.9. The molecule has 1 aromatic heterocycles. The predicted octanol–water partition coefficient (Wildman–Crippen LogP) is 1.51. The molecule has 1 heterocycles. The summed E-state index contributed by atoms with van der Waals surface area (Å²) in [6.07, 6.45) is 4.48. The first-order valence-corrected chi connectivity index (χ1v) is 6.88. The molecule has 0 bridgehead atoms. The molecule has 0 aliphatic rings. The van der Waals surface area contributed by atoms with Crippen molar-refractivity contribution in [3.8, 4) is 0 Å². The molecule has 0 saturated carbocycles. The van der Waals surface area contributed by atoms with Crippen molar-refractivity contribution in [1.29, 1.82) is 0 Å². The Kier molecular flexibility index (Phi) is 7.42. The number of nitrogens with zero attached hydrogens (tertiary/aromatic N) is 1. The Labute approximate surface area is 118 Å². The maximum Gasteiger partial charge on any atom is 0.323 e. The second kappa shape index (κ2) is 9.14. The summed E-state index contributed by atoms with van der Waals surface area (Å²) in [5.41, 5.74) is 0.360. The van der Waals surface area contributed by atoms with Gasteiger partial charge in [-0.1, -0.05) is 13.3 Å². The van der Waals surface area contributed by atoms with E-state index in [0.29, 0.717) is 18.8 Å². The van der Waals surface area contributed by atoms with Crippen LogP contribution in [0.4, 0.5) is 0 Å². The van der Waals surface area contributed by atoms with Gasteiger partial charge in [-0.25, -0.2) is 0 Å². The van der Waals surface area contributed by atoms with Gasteiger partial charge in [-0.05, 0) is 25.0 Å². The fourth-order valence-corrected chi connectivity index (χ4v) is 1.72. The molecule has 0 spiro atoms. The van der Waals surface area contributed by atoms with Crippen LogP contribution in [0.3, 0.4) is 0 Å². The zero-order chi connectivity index (χ0) is 14.8. The van der Waals surface area contributed by atoms with E-state index in [1.165, 1.54) is 4.57 Å². The zero-order valence-electron chi connectivity index (χ0n) is 11.8. The molecule has 0 unspecified atom stereocenters. The predicted molar refractivity (Wildman–Crippen MR) is 74.7 cm³/mol. The lowest BCUT2D eigenvalue weighted by molar-refractivity contribution is -0.137. The number of aromatic nitrogens is 1. The van der Waals surface area contributed by atoms with Gasteiger partial charge in [0.2, 0.25) is 0 Å². The molecule has 1 rings (SSSR count). The van der Waals surface area contributed by atoms with Crippen LogP contribution in [0.5, 0.6) is 0 Å². The minimum absolute atomic E-state index is 0.212. The number of carboxylic acid groups (broad SMARTS) is 1. The largest absolute Gasteiger partial charge is 0.480 e. The van der Waals surface area contributed by atoms with Gasteiger partial charge in [0, 0.05) is 26.0 Å². The second-order valence-electron chi connectivity index (χ2n) is 4.49. The number of carbonyl (C=O) groups is 2. The third-order valence-corrected chi connectivity index (χ3v) is 2.76. The molecule has 20 heavy (non-hydrogen) atoms. The molecule has 0 fully saturated rings. The van der Waals surface area contributed by atoms with Crippen LogP contribution in [0.25, 0.3) is 0 Å². The standard InChI is InChI=1S/C14H22N2O4/c1-2-3-9-20-10-5-7-15-14(19)12-6-4-8-16(12)11-13(17)18/h4,6,8H,2-3,5,7,9-11H2,1H3,(H,15,19)(H,17,18). The van der Waals surface area contributed by atoms with E-state index in [2.05, 4.69) is 12.2 Å². The lowest BCUT2D eigenvalue weighted by Crippen LogP contribution is -2.28. The molecular weight excluding hydrogens is 260 g/mol. The van der Waals surface area contributed by atoms with Crippen LogP contribution in [0.2, 0.25) is 0 Å². The first-order valence-electron chi connectivity index (χ1n) is 6.88. The number of hydrogen-bond donors (Lipinski definition) is 2. The number of carbonyl (C=O) groups excluding carboxylic acids is 1. The molecular formula is C14H22N2O4. The summed E-state index contributed by atoms with van der Waals surface area (Å²) in [5, 5.41) is 11.5. The van der Waals surface area contributed by atoms with Gasteiger partial charge in [0.25, 0.3) is 5.91 Å². The minimum atomic E-state index is -0.973. The van der Waals surface area contributed by atoms with Crippen LogP contribution in [0, 0.1) is 0 Å². The van der Waals surface area contributed by atoms with E-state index in [0.717, 1.165) is 25.9 Å². The van der Waals surface area contributed by atoms with Crippen molar-refractivity contribution in [2.75, 3.05) is 19.8 Å². The van der Waals surface area contributed by atoms with E-state index >= 15 is 0 Å². The highest BCUT2D eigenvalue weighted by Gasteiger charge is 2.11. The molecule has 0 atom stereocenters. The summed E-state index contributed by atoms with van der Waals surface area (Å²) in [5.74, 6) is -1.23. The topological polar surface area (TPSA) is 80.6 Å². The Balaban J connectivity index is 2.26. The van der Waals surface area contributed by atoms with E-state index in [1.54, 1.807) is 18.3 Å². The number of aliphatic carboxylic acids is 1. The average molecular weight is 282 g/mol. The number of ether oxygens (including phenoxy) is 1.